The molecule has 0 aliphatic rings. The van der Waals surface area contributed by atoms with Crippen LogP contribution in [-0.2, 0) is 0 Å². The predicted molar refractivity (Wildman–Crippen MR) is 0 cm³/mol. The largest absolute Gasteiger partial charge is 3.00 e. The summed E-state index contributed by atoms with van der Waals surface area (Å²) in [5.74, 6) is 0. The third-order valence-corrected chi connectivity index (χ3v) is 0. The van der Waals surface area contributed by atoms with Gasteiger partial charge in [0.05, 0.1) is 0 Å². The molecule has 10 heteroatoms. The van der Waals surface area contributed by atoms with Crippen LogP contribution in [0.25, 0.3) is 0 Å². The van der Waals surface area contributed by atoms with E-state index in [1.807, 2.05) is 0 Å². The molecule has 0 amide bonds. The zero-order valence-electron chi connectivity index (χ0n) is 4.26. The molecular formula is F7GdLiLu. The van der Waals surface area contributed by atoms with E-state index in [1.165, 1.54) is 0 Å². The zero-order valence-corrected chi connectivity index (χ0v) is 8.18. The fourth-order valence-electron chi connectivity index (χ4n) is 0. The van der Waals surface area contributed by atoms with E-state index in [0.717, 1.165) is 0 Å². The molecule has 0 unspecified atom stereocenters. The van der Waals surface area contributed by atoms with Crippen LogP contribution in [0.15, 0.2) is 0 Å². The Morgan fingerprint density at radius 1 is 0.400 bits per heavy atom. The predicted octanol–water partition coefficient (Wildman–Crippen LogP) is -24.0. The SMILES string of the molecule is [F-].[F-].[F-].[F-].[F-].[F-].[F-].[Gd+3].[Li+].[Lu+3]. The van der Waals surface area contributed by atoms with Crippen molar-refractivity contribution >= 4 is 0 Å². The minimum Gasteiger partial charge on any atom is -1.00 e. The number of halogens is 7. The Bertz CT molecular complexity index is 13.6. The second-order valence-corrected chi connectivity index (χ2v) is 0. The molecule has 0 nitrogen and oxygen atoms in total. The van der Waals surface area contributed by atoms with Gasteiger partial charge in [-0.05, 0) is 0 Å². The molecule has 0 aromatic carbocycles. The summed E-state index contributed by atoms with van der Waals surface area (Å²) in [6.07, 6.45) is 0. The van der Waals surface area contributed by atoms with Crippen LogP contribution < -0.4 is 51.8 Å². The first-order valence-corrected chi connectivity index (χ1v) is 0. The number of rotatable bonds is 0. The molecule has 0 aromatic rings. The van der Waals surface area contributed by atoms with Crippen LogP contribution in [0.5, 0.6) is 0 Å². The second kappa shape index (κ2) is 187. The molecule has 10 heavy (non-hydrogen) atoms. The van der Waals surface area contributed by atoms with Crippen molar-refractivity contribution in [2.24, 2.45) is 0 Å². The summed E-state index contributed by atoms with van der Waals surface area (Å²) in [5, 5.41) is 0. The average molecular weight is 472 g/mol. The summed E-state index contributed by atoms with van der Waals surface area (Å²) in [6.45, 7) is 0. The van der Waals surface area contributed by atoms with Gasteiger partial charge in [-0.1, -0.05) is 0 Å². The number of hydrogen-bond acceptors (Lipinski definition) is 0. The Kier molecular flexibility index (Phi) is 4530. The Labute approximate surface area is 126 Å². The van der Waals surface area contributed by atoms with E-state index in [0.29, 0.717) is 0 Å². The van der Waals surface area contributed by atoms with Gasteiger partial charge < -0.3 is 32.9 Å². The van der Waals surface area contributed by atoms with Gasteiger partial charge in [0.1, 0.15) is 0 Å². The summed E-state index contributed by atoms with van der Waals surface area (Å²) in [4.78, 5) is 0. The normalized spacial score (nSPS) is 0. The van der Waals surface area contributed by atoms with Crippen molar-refractivity contribution in [3.8, 4) is 0 Å². The van der Waals surface area contributed by atoms with Crippen LogP contribution in [0.2, 0.25) is 0 Å². The Hall–Kier alpha value is 2.67. The summed E-state index contributed by atoms with van der Waals surface area (Å²) in [7, 11) is 0. The van der Waals surface area contributed by atoms with E-state index in [9.17, 15) is 0 Å². The quantitative estimate of drug-likeness (QED) is 0.243. The van der Waals surface area contributed by atoms with E-state index in [-0.39, 0.29) is 129 Å². The van der Waals surface area contributed by atoms with Crippen molar-refractivity contribution in [1.29, 1.82) is 0 Å². The molecule has 0 N–H and O–H groups in total. The molecule has 0 saturated carbocycles. The maximum absolute atomic E-state index is 0. The molecule has 0 heterocycles. The molecule has 0 bridgehead atoms. The van der Waals surface area contributed by atoms with Crippen molar-refractivity contribution in [3.63, 3.8) is 0 Å². The maximum atomic E-state index is 0. The standard InChI is InChI=1S/7FH.Gd.Li.Lu/h7*1H;;;/q;;;;;;;+3;+1;+3/p-7. The first-order valence-electron chi connectivity index (χ1n) is 0. The van der Waals surface area contributed by atoms with Gasteiger partial charge in [-0.25, -0.2) is 0 Å². The van der Waals surface area contributed by atoms with Crippen molar-refractivity contribution in [3.05, 3.63) is 0 Å². The topological polar surface area (TPSA) is 0 Å². The van der Waals surface area contributed by atoms with Gasteiger partial charge in [0.15, 0.2) is 0 Å². The van der Waals surface area contributed by atoms with Crippen LogP contribution in [0.1, 0.15) is 0 Å². The van der Waals surface area contributed by atoms with E-state index in [2.05, 4.69) is 0 Å². The summed E-state index contributed by atoms with van der Waals surface area (Å²) in [6, 6.07) is 0. The van der Waals surface area contributed by atoms with Crippen LogP contribution in [-0.4, -0.2) is 0 Å². The van der Waals surface area contributed by atoms with Crippen molar-refractivity contribution in [2.75, 3.05) is 0 Å². The fraction of sp³-hybridized carbons (Fsp3) is 0. The third kappa shape index (κ3) is 140. The summed E-state index contributed by atoms with van der Waals surface area (Å²) in [5.41, 5.74) is 0. The van der Waals surface area contributed by atoms with E-state index in [1.54, 1.807) is 0 Å². The molecule has 0 atom stereocenters. The molecule has 73 valence electrons. The van der Waals surface area contributed by atoms with Gasteiger partial charge >= 0.3 is 95.7 Å². The first kappa shape index (κ1) is 243. The van der Waals surface area contributed by atoms with Gasteiger partial charge in [-0.2, -0.15) is 0 Å². The molecule has 0 aliphatic carbocycles. The van der Waals surface area contributed by atoms with Crippen LogP contribution in [0.4, 0.5) is 0 Å². The Morgan fingerprint density at radius 2 is 0.400 bits per heavy atom. The molecule has 0 saturated heterocycles. The second-order valence-electron chi connectivity index (χ2n) is 0. The first-order chi connectivity index (χ1) is 0. The molecule has 0 rings (SSSR count). The molecule has 1 radical (unpaired) electrons. The molecule has 0 spiro atoms. The van der Waals surface area contributed by atoms with Gasteiger partial charge in [-0.15, -0.1) is 0 Å². The van der Waals surface area contributed by atoms with Gasteiger partial charge in [0.2, 0.25) is 0 Å². The van der Waals surface area contributed by atoms with Gasteiger partial charge in [0, 0.05) is 0 Å². The zero-order chi connectivity index (χ0) is 0. The van der Waals surface area contributed by atoms with E-state index < -0.39 is 0 Å². The minimum atomic E-state index is 0. The van der Waals surface area contributed by atoms with Gasteiger partial charge in [-0.3, -0.25) is 0 Å². The van der Waals surface area contributed by atoms with E-state index >= 15 is 0 Å². The van der Waals surface area contributed by atoms with Crippen LogP contribution >= 0.6 is 0 Å². The van der Waals surface area contributed by atoms with Crippen molar-refractivity contribution < 1.29 is 129 Å². The van der Waals surface area contributed by atoms with Crippen LogP contribution in [0, 0.1) is 76.8 Å². The molecular weight excluding hydrogens is 472 g/mol. The van der Waals surface area contributed by atoms with Gasteiger partial charge in [0.25, 0.3) is 0 Å². The maximum Gasteiger partial charge on any atom is 3.00 e. The molecule has 0 aliphatic heterocycles. The van der Waals surface area contributed by atoms with Crippen molar-refractivity contribution in [2.45, 2.75) is 0 Å². The minimum absolute atomic E-state index is 0. The smallest absolute Gasteiger partial charge is 1.00 e. The van der Waals surface area contributed by atoms with Crippen LogP contribution in [0.3, 0.4) is 0 Å². The Morgan fingerprint density at radius 3 is 0.400 bits per heavy atom. The van der Waals surface area contributed by atoms with Crippen molar-refractivity contribution in [1.82, 2.24) is 0 Å². The molecule has 0 aromatic heterocycles. The average Bonchev–Trinajstić information content (AvgIpc) is 0. The Balaban J connectivity index is 0. The monoisotopic (exact) mass is 473 g/mol. The number of hydrogen-bond donors (Lipinski definition) is 0. The fourth-order valence-corrected chi connectivity index (χ4v) is 0. The summed E-state index contributed by atoms with van der Waals surface area (Å²) < 4.78 is 0. The van der Waals surface area contributed by atoms with E-state index in [4.69, 9.17) is 0 Å². The molecule has 0 fully saturated rings. The summed E-state index contributed by atoms with van der Waals surface area (Å²) >= 11 is 0. The third-order valence-electron chi connectivity index (χ3n) is 0.